The average molecular weight is 348 g/mol. The predicted octanol–water partition coefficient (Wildman–Crippen LogP) is 2.23. The number of halogens is 1. The summed E-state index contributed by atoms with van der Waals surface area (Å²) in [5.41, 5.74) is 0. The molecule has 0 N–H and O–H groups in total. The fraction of sp³-hybridized carbons (Fsp3) is 0.667. The number of rotatable bonds is 7. The van der Waals surface area contributed by atoms with Crippen LogP contribution in [-0.4, -0.2) is 51.7 Å². The molecule has 22 heavy (non-hydrogen) atoms. The summed E-state index contributed by atoms with van der Waals surface area (Å²) in [5, 5.41) is 13.8. The molecule has 8 nitrogen and oxygen atoms in total. The molecule has 0 spiro atoms. The predicted molar refractivity (Wildman–Crippen MR) is 84.4 cm³/mol. The average Bonchev–Trinajstić information content (AvgIpc) is 3.04. The number of hydrazone groups is 1. The highest BCUT2D eigenvalue weighted by atomic mass is 35.5. The highest BCUT2D eigenvalue weighted by Gasteiger charge is 2.34. The summed E-state index contributed by atoms with van der Waals surface area (Å²) in [4.78, 5) is 19.5. The largest absolute Gasteiger partial charge is 0.359 e. The molecule has 1 aliphatic heterocycles. The molecule has 1 aromatic heterocycles. The van der Waals surface area contributed by atoms with Crippen molar-refractivity contribution < 1.29 is 9.77 Å². The molecule has 0 radical (unpaired) electrons. The SMILES string of the molecule is CCOC(CC)N1CCN(Cc2cnc(Cl)s2)C1=N[N+](=O)[O-]. The van der Waals surface area contributed by atoms with Gasteiger partial charge in [-0.15, -0.1) is 11.3 Å². The Morgan fingerprint density at radius 1 is 1.59 bits per heavy atom. The Morgan fingerprint density at radius 2 is 2.36 bits per heavy atom. The number of aromatic nitrogens is 1. The van der Waals surface area contributed by atoms with E-state index in [0.717, 1.165) is 11.3 Å². The van der Waals surface area contributed by atoms with Crippen LogP contribution in [0.2, 0.25) is 4.47 Å². The van der Waals surface area contributed by atoms with Gasteiger partial charge in [-0.2, -0.15) is 0 Å². The number of ether oxygens (including phenoxy) is 1. The zero-order valence-electron chi connectivity index (χ0n) is 12.4. The van der Waals surface area contributed by atoms with Gasteiger partial charge in [-0.05, 0) is 13.3 Å². The molecule has 1 unspecified atom stereocenters. The van der Waals surface area contributed by atoms with Crippen molar-refractivity contribution in [3.05, 3.63) is 25.7 Å². The Balaban J connectivity index is 2.18. The molecule has 122 valence electrons. The maximum atomic E-state index is 10.9. The van der Waals surface area contributed by atoms with Gasteiger partial charge in [0.15, 0.2) is 9.50 Å². The van der Waals surface area contributed by atoms with Crippen LogP contribution in [0.1, 0.15) is 25.1 Å². The van der Waals surface area contributed by atoms with Crippen LogP contribution < -0.4 is 0 Å². The van der Waals surface area contributed by atoms with E-state index in [9.17, 15) is 10.1 Å². The van der Waals surface area contributed by atoms with Gasteiger partial charge in [0.2, 0.25) is 0 Å². The number of nitro groups is 1. The van der Waals surface area contributed by atoms with E-state index in [4.69, 9.17) is 16.3 Å². The number of nitrogens with zero attached hydrogens (tertiary/aromatic N) is 5. The lowest BCUT2D eigenvalue weighted by Crippen LogP contribution is -2.42. The molecule has 0 aromatic carbocycles. The summed E-state index contributed by atoms with van der Waals surface area (Å²) >= 11 is 7.19. The molecule has 1 aliphatic rings. The van der Waals surface area contributed by atoms with E-state index in [1.54, 1.807) is 6.20 Å². The Bertz CT molecular complexity index is 553. The zero-order valence-corrected chi connectivity index (χ0v) is 14.0. The van der Waals surface area contributed by atoms with E-state index in [1.165, 1.54) is 11.3 Å². The van der Waals surface area contributed by atoms with Gasteiger partial charge in [-0.3, -0.25) is 0 Å². The highest BCUT2D eigenvalue weighted by Crippen LogP contribution is 2.23. The maximum absolute atomic E-state index is 10.9. The van der Waals surface area contributed by atoms with Crippen LogP contribution in [0.5, 0.6) is 0 Å². The van der Waals surface area contributed by atoms with Gasteiger partial charge < -0.3 is 14.5 Å². The lowest BCUT2D eigenvalue weighted by Gasteiger charge is -2.27. The fourth-order valence-corrected chi connectivity index (χ4v) is 3.39. The van der Waals surface area contributed by atoms with E-state index >= 15 is 0 Å². The van der Waals surface area contributed by atoms with Crippen molar-refractivity contribution in [1.29, 1.82) is 0 Å². The van der Waals surface area contributed by atoms with Gasteiger partial charge in [0.25, 0.3) is 5.96 Å². The van der Waals surface area contributed by atoms with Crippen LogP contribution in [0.3, 0.4) is 0 Å². The van der Waals surface area contributed by atoms with E-state index in [-0.39, 0.29) is 6.23 Å². The quantitative estimate of drug-likeness (QED) is 0.555. The molecule has 10 heteroatoms. The minimum atomic E-state index is -0.668. The van der Waals surface area contributed by atoms with Crippen molar-refractivity contribution in [1.82, 2.24) is 14.8 Å². The van der Waals surface area contributed by atoms with E-state index in [0.29, 0.717) is 36.7 Å². The second-order valence-electron chi connectivity index (χ2n) is 4.65. The Kier molecular flexibility index (Phi) is 5.92. The third-order valence-corrected chi connectivity index (χ3v) is 4.35. The molecule has 0 bridgehead atoms. The van der Waals surface area contributed by atoms with Crippen molar-refractivity contribution in [2.24, 2.45) is 5.10 Å². The first-order valence-electron chi connectivity index (χ1n) is 7.01. The standard InChI is InChI=1S/C12H18ClN5O3S/c1-3-10(21-4-2)17-6-5-16(12(17)15-18(19)20)8-9-7-14-11(13)22-9/h7,10H,3-6,8H2,1-2H3. The topological polar surface area (TPSA) is 84.1 Å². The molecular formula is C12H18ClN5O3S. The van der Waals surface area contributed by atoms with E-state index in [2.05, 4.69) is 10.1 Å². The number of thiazole rings is 1. The molecule has 0 aliphatic carbocycles. The summed E-state index contributed by atoms with van der Waals surface area (Å²) < 4.78 is 6.11. The molecule has 0 amide bonds. The third-order valence-electron chi connectivity index (χ3n) is 3.25. The summed E-state index contributed by atoms with van der Waals surface area (Å²) in [6.07, 6.45) is 2.20. The lowest BCUT2D eigenvalue weighted by atomic mass is 10.4. The van der Waals surface area contributed by atoms with Gasteiger partial charge in [-0.25, -0.2) is 15.1 Å². The maximum Gasteiger partial charge on any atom is 0.276 e. The third kappa shape index (κ3) is 4.05. The van der Waals surface area contributed by atoms with Crippen LogP contribution in [0.4, 0.5) is 0 Å². The van der Waals surface area contributed by atoms with Gasteiger partial charge in [0, 0.05) is 30.8 Å². The van der Waals surface area contributed by atoms with Crippen molar-refractivity contribution >= 4 is 28.9 Å². The summed E-state index contributed by atoms with van der Waals surface area (Å²) in [5.74, 6) is 0.329. The minimum absolute atomic E-state index is 0.209. The highest BCUT2D eigenvalue weighted by molar-refractivity contribution is 7.15. The Labute approximate surface area is 137 Å². The number of hydrogen-bond acceptors (Lipinski definition) is 5. The fourth-order valence-electron chi connectivity index (χ4n) is 2.39. The molecule has 1 aromatic rings. The van der Waals surface area contributed by atoms with Crippen LogP contribution in [0.15, 0.2) is 11.3 Å². The zero-order chi connectivity index (χ0) is 16.1. The molecule has 0 saturated carbocycles. The first-order valence-corrected chi connectivity index (χ1v) is 8.21. The summed E-state index contributed by atoms with van der Waals surface area (Å²) in [6.45, 7) is 6.21. The first kappa shape index (κ1) is 16.9. The summed E-state index contributed by atoms with van der Waals surface area (Å²) in [7, 11) is 0. The van der Waals surface area contributed by atoms with Crippen molar-refractivity contribution in [2.45, 2.75) is 33.0 Å². The second-order valence-corrected chi connectivity index (χ2v) is 6.35. The molecule has 2 rings (SSSR count). The Hall–Kier alpha value is -1.45. The van der Waals surface area contributed by atoms with Gasteiger partial charge in [-0.1, -0.05) is 18.5 Å². The molecule has 1 saturated heterocycles. The first-order chi connectivity index (χ1) is 10.5. The molecule has 1 fully saturated rings. The minimum Gasteiger partial charge on any atom is -0.359 e. The van der Waals surface area contributed by atoms with Crippen LogP contribution >= 0.6 is 22.9 Å². The molecule has 1 atom stereocenters. The monoisotopic (exact) mass is 347 g/mol. The second kappa shape index (κ2) is 7.70. The van der Waals surface area contributed by atoms with Gasteiger partial charge in [0.1, 0.15) is 11.3 Å². The number of guanidine groups is 1. The van der Waals surface area contributed by atoms with Gasteiger partial charge in [0.05, 0.1) is 6.54 Å². The number of hydrogen-bond donors (Lipinski definition) is 0. The van der Waals surface area contributed by atoms with Crippen LogP contribution in [0.25, 0.3) is 0 Å². The normalized spacial score (nSPS) is 18.2. The van der Waals surface area contributed by atoms with Crippen LogP contribution in [0, 0.1) is 10.1 Å². The van der Waals surface area contributed by atoms with Crippen molar-refractivity contribution in [3.63, 3.8) is 0 Å². The van der Waals surface area contributed by atoms with Crippen LogP contribution in [-0.2, 0) is 11.3 Å². The van der Waals surface area contributed by atoms with E-state index < -0.39 is 5.03 Å². The Morgan fingerprint density at radius 3 is 2.91 bits per heavy atom. The van der Waals surface area contributed by atoms with E-state index in [1.807, 2.05) is 23.6 Å². The smallest absolute Gasteiger partial charge is 0.276 e. The summed E-state index contributed by atoms with van der Waals surface area (Å²) in [6, 6.07) is 0. The lowest BCUT2D eigenvalue weighted by molar-refractivity contribution is -0.486. The van der Waals surface area contributed by atoms with Crippen molar-refractivity contribution in [3.8, 4) is 0 Å². The van der Waals surface area contributed by atoms with Gasteiger partial charge >= 0.3 is 0 Å². The molecular weight excluding hydrogens is 330 g/mol. The van der Waals surface area contributed by atoms with Crippen molar-refractivity contribution in [2.75, 3.05) is 19.7 Å². The molecule has 2 heterocycles.